The summed E-state index contributed by atoms with van der Waals surface area (Å²) in [5, 5.41) is 3.97. The van der Waals surface area contributed by atoms with Gasteiger partial charge >= 0.3 is 0 Å². The highest BCUT2D eigenvalue weighted by Crippen LogP contribution is 2.21. The summed E-state index contributed by atoms with van der Waals surface area (Å²) in [7, 11) is -3.57. The summed E-state index contributed by atoms with van der Waals surface area (Å²) < 4.78 is 33.9. The van der Waals surface area contributed by atoms with E-state index in [9.17, 15) is 13.2 Å². The van der Waals surface area contributed by atoms with Crippen LogP contribution in [0.25, 0.3) is 0 Å². The first-order chi connectivity index (χ1) is 13.0. The van der Waals surface area contributed by atoms with Crippen molar-refractivity contribution in [3.8, 4) is 5.75 Å². The highest BCUT2D eigenvalue weighted by Gasteiger charge is 2.30. The molecule has 1 aromatic heterocycles. The Labute approximate surface area is 158 Å². The van der Waals surface area contributed by atoms with Crippen LogP contribution in [-0.2, 0) is 21.4 Å². The molecule has 27 heavy (non-hydrogen) atoms. The molecule has 2 aromatic rings. The van der Waals surface area contributed by atoms with E-state index < -0.39 is 10.0 Å². The van der Waals surface area contributed by atoms with Gasteiger partial charge in [0, 0.05) is 32.6 Å². The molecule has 1 saturated heterocycles. The number of benzene rings is 1. The Kier molecular flexibility index (Phi) is 6.07. The van der Waals surface area contributed by atoms with Gasteiger partial charge in [0.1, 0.15) is 18.4 Å². The third kappa shape index (κ3) is 4.64. The lowest BCUT2D eigenvalue weighted by molar-refractivity contribution is -0.132. The summed E-state index contributed by atoms with van der Waals surface area (Å²) in [4.78, 5) is 18.1. The predicted octanol–water partition coefficient (Wildman–Crippen LogP) is 0.600. The third-order valence-electron chi connectivity index (χ3n) is 4.39. The molecule has 1 aliphatic heterocycles. The molecule has 0 N–H and O–H groups in total. The number of hydrogen-bond donors (Lipinski definition) is 0. The molecule has 1 aliphatic rings. The molecule has 0 atom stereocenters. The van der Waals surface area contributed by atoms with Crippen molar-refractivity contribution in [2.75, 3.05) is 32.8 Å². The molecule has 2 heterocycles. The predicted molar refractivity (Wildman–Crippen MR) is 97.6 cm³/mol. The van der Waals surface area contributed by atoms with Crippen molar-refractivity contribution in [3.05, 3.63) is 36.9 Å². The number of nitrogens with zero attached hydrogens (tertiary/aromatic N) is 5. The molecule has 1 aromatic carbocycles. The van der Waals surface area contributed by atoms with Crippen LogP contribution in [0.5, 0.6) is 5.75 Å². The van der Waals surface area contributed by atoms with Crippen molar-refractivity contribution >= 4 is 15.9 Å². The fraction of sp³-hybridized carbons (Fsp3) is 0.471. The number of amides is 1. The third-order valence-corrected chi connectivity index (χ3v) is 6.30. The molecule has 0 unspecified atom stereocenters. The Morgan fingerprint density at radius 1 is 1.15 bits per heavy atom. The van der Waals surface area contributed by atoms with Gasteiger partial charge in [0.05, 0.1) is 18.0 Å². The second kappa shape index (κ2) is 8.49. The van der Waals surface area contributed by atoms with E-state index in [2.05, 4.69) is 10.1 Å². The number of rotatable bonds is 7. The van der Waals surface area contributed by atoms with Crippen LogP contribution in [0.3, 0.4) is 0 Å². The minimum absolute atomic E-state index is 0.0105. The van der Waals surface area contributed by atoms with Gasteiger partial charge in [0.25, 0.3) is 0 Å². The van der Waals surface area contributed by atoms with Gasteiger partial charge in [0.15, 0.2) is 0 Å². The smallest absolute Gasteiger partial charge is 0.243 e. The molecule has 0 bridgehead atoms. The lowest BCUT2D eigenvalue weighted by atomic mass is 10.3. The van der Waals surface area contributed by atoms with Gasteiger partial charge < -0.3 is 9.64 Å². The van der Waals surface area contributed by atoms with Crippen molar-refractivity contribution in [2.24, 2.45) is 0 Å². The van der Waals surface area contributed by atoms with E-state index in [1.807, 2.05) is 6.92 Å². The maximum atomic E-state index is 12.8. The summed E-state index contributed by atoms with van der Waals surface area (Å²) in [5.74, 6) is 0.628. The van der Waals surface area contributed by atoms with Gasteiger partial charge in [-0.05, 0) is 31.2 Å². The van der Waals surface area contributed by atoms with E-state index in [0.717, 1.165) is 0 Å². The molecular formula is C17H23N5O4S. The normalized spacial score (nSPS) is 15.7. The van der Waals surface area contributed by atoms with Gasteiger partial charge in [-0.1, -0.05) is 0 Å². The number of hydrogen-bond acceptors (Lipinski definition) is 6. The largest absolute Gasteiger partial charge is 0.494 e. The SMILES string of the molecule is CCOc1ccc(S(=O)(=O)N2CCN(C(=O)CCn3cncn3)CC2)cc1. The van der Waals surface area contributed by atoms with E-state index in [-0.39, 0.29) is 23.9 Å². The molecule has 0 spiro atoms. The maximum absolute atomic E-state index is 12.8. The molecule has 10 heteroatoms. The molecule has 9 nitrogen and oxygen atoms in total. The zero-order chi connectivity index (χ0) is 19.3. The fourth-order valence-corrected chi connectivity index (χ4v) is 4.34. The lowest BCUT2D eigenvalue weighted by Crippen LogP contribution is -2.50. The van der Waals surface area contributed by atoms with Crippen LogP contribution in [0.4, 0.5) is 0 Å². The average Bonchev–Trinajstić information content (AvgIpc) is 3.20. The van der Waals surface area contributed by atoms with Gasteiger partial charge in [-0.2, -0.15) is 9.40 Å². The van der Waals surface area contributed by atoms with E-state index in [1.54, 1.807) is 40.2 Å². The highest BCUT2D eigenvalue weighted by atomic mass is 32.2. The van der Waals surface area contributed by atoms with Crippen LogP contribution >= 0.6 is 0 Å². The minimum atomic E-state index is -3.57. The molecule has 3 rings (SSSR count). The Balaban J connectivity index is 1.55. The Morgan fingerprint density at radius 2 is 1.85 bits per heavy atom. The molecule has 1 amide bonds. The van der Waals surface area contributed by atoms with Crippen molar-refractivity contribution in [1.82, 2.24) is 24.0 Å². The van der Waals surface area contributed by atoms with E-state index in [4.69, 9.17) is 4.74 Å². The van der Waals surface area contributed by atoms with Crippen LogP contribution in [-0.4, -0.2) is 71.1 Å². The zero-order valence-corrected chi connectivity index (χ0v) is 16.0. The Bertz CT molecular complexity index is 844. The molecule has 1 fully saturated rings. The van der Waals surface area contributed by atoms with Gasteiger partial charge in [-0.3, -0.25) is 9.48 Å². The summed E-state index contributed by atoms with van der Waals surface area (Å²) >= 11 is 0. The van der Waals surface area contributed by atoms with Gasteiger partial charge in [-0.15, -0.1) is 0 Å². The van der Waals surface area contributed by atoms with Crippen LogP contribution < -0.4 is 4.74 Å². The van der Waals surface area contributed by atoms with E-state index in [0.29, 0.717) is 38.4 Å². The minimum Gasteiger partial charge on any atom is -0.494 e. The molecule has 146 valence electrons. The van der Waals surface area contributed by atoms with Crippen molar-refractivity contribution in [2.45, 2.75) is 24.8 Å². The standard InChI is InChI=1S/C17H23N5O4S/c1-2-26-15-3-5-16(6-4-15)27(24,25)22-11-9-20(10-12-22)17(23)7-8-21-14-18-13-19-21/h3-6,13-14H,2,7-12H2,1H3. The monoisotopic (exact) mass is 393 g/mol. The second-order valence-corrected chi connectivity index (χ2v) is 8.04. The van der Waals surface area contributed by atoms with Gasteiger partial charge in [0.2, 0.25) is 15.9 Å². The fourth-order valence-electron chi connectivity index (χ4n) is 2.92. The number of piperazine rings is 1. The first kappa shape index (κ1) is 19.3. The molecular weight excluding hydrogens is 370 g/mol. The topological polar surface area (TPSA) is 97.6 Å². The maximum Gasteiger partial charge on any atom is 0.243 e. The quantitative estimate of drug-likeness (QED) is 0.683. The number of ether oxygens (including phenoxy) is 1. The summed E-state index contributed by atoms with van der Waals surface area (Å²) in [6, 6.07) is 6.41. The van der Waals surface area contributed by atoms with Crippen molar-refractivity contribution in [3.63, 3.8) is 0 Å². The highest BCUT2D eigenvalue weighted by molar-refractivity contribution is 7.89. The number of carbonyl (C=O) groups excluding carboxylic acids is 1. The zero-order valence-electron chi connectivity index (χ0n) is 15.2. The summed E-state index contributed by atoms with van der Waals surface area (Å²) in [5.41, 5.74) is 0. The molecule has 0 aliphatic carbocycles. The van der Waals surface area contributed by atoms with Gasteiger partial charge in [-0.25, -0.2) is 13.4 Å². The average molecular weight is 393 g/mol. The Hall–Kier alpha value is -2.46. The number of sulfonamides is 1. The van der Waals surface area contributed by atoms with E-state index in [1.165, 1.54) is 10.6 Å². The number of carbonyl (C=O) groups is 1. The summed E-state index contributed by atoms with van der Waals surface area (Å²) in [6.45, 7) is 4.19. The second-order valence-electron chi connectivity index (χ2n) is 6.10. The molecule has 0 saturated carbocycles. The summed E-state index contributed by atoms with van der Waals surface area (Å²) in [6.07, 6.45) is 3.30. The van der Waals surface area contributed by atoms with Crippen LogP contribution in [0, 0.1) is 0 Å². The van der Waals surface area contributed by atoms with Crippen LogP contribution in [0.1, 0.15) is 13.3 Å². The number of aromatic nitrogens is 3. The van der Waals surface area contributed by atoms with Crippen LogP contribution in [0.2, 0.25) is 0 Å². The molecule has 0 radical (unpaired) electrons. The lowest BCUT2D eigenvalue weighted by Gasteiger charge is -2.34. The Morgan fingerprint density at radius 3 is 2.44 bits per heavy atom. The van der Waals surface area contributed by atoms with Crippen molar-refractivity contribution in [1.29, 1.82) is 0 Å². The van der Waals surface area contributed by atoms with Crippen molar-refractivity contribution < 1.29 is 17.9 Å². The number of aryl methyl sites for hydroxylation is 1. The first-order valence-corrected chi connectivity index (χ1v) is 10.3. The first-order valence-electron chi connectivity index (χ1n) is 8.84. The van der Waals surface area contributed by atoms with Crippen LogP contribution in [0.15, 0.2) is 41.8 Å². The van der Waals surface area contributed by atoms with E-state index >= 15 is 0 Å².